The molecular formula is C33H37FN4O3S. The summed E-state index contributed by atoms with van der Waals surface area (Å²) in [4.78, 5) is 36.0. The maximum Gasteiger partial charge on any atom is 0.336 e. The summed E-state index contributed by atoms with van der Waals surface area (Å²) < 4.78 is 19.5. The van der Waals surface area contributed by atoms with Crippen molar-refractivity contribution >= 4 is 45.4 Å². The van der Waals surface area contributed by atoms with E-state index in [4.69, 9.17) is 15.5 Å². The van der Waals surface area contributed by atoms with Gasteiger partial charge in [-0.05, 0) is 81.6 Å². The zero-order valence-electron chi connectivity index (χ0n) is 24.6. The summed E-state index contributed by atoms with van der Waals surface area (Å²) in [5.41, 5.74) is 6.68. The van der Waals surface area contributed by atoms with Crippen LogP contribution in [0.25, 0.3) is 0 Å². The molecule has 0 saturated carbocycles. The average Bonchev–Trinajstić information content (AvgIpc) is 3.40. The Morgan fingerprint density at radius 1 is 0.905 bits per heavy atom. The van der Waals surface area contributed by atoms with Crippen molar-refractivity contribution in [2.24, 2.45) is 11.7 Å². The van der Waals surface area contributed by atoms with Gasteiger partial charge in [-0.3, -0.25) is 9.69 Å². The van der Waals surface area contributed by atoms with Crippen LogP contribution >= 0.6 is 11.3 Å². The topological polar surface area (TPSA) is 88.8 Å². The second kappa shape index (κ2) is 12.8. The first kappa shape index (κ1) is 30.9. The number of carbonyl (C=O) groups excluding carboxylic acids is 2. The van der Waals surface area contributed by atoms with Crippen LogP contribution in [0.2, 0.25) is 0 Å². The number of halogens is 1. The second-order valence-electron chi connectivity index (χ2n) is 11.6. The van der Waals surface area contributed by atoms with Gasteiger partial charge in [-0.1, -0.05) is 50.2 Å². The average molecular weight is 589 g/mol. The Hall–Kier alpha value is -4.08. The van der Waals surface area contributed by atoms with Crippen molar-refractivity contribution in [3.63, 3.8) is 0 Å². The number of aromatic nitrogens is 1. The largest absolute Gasteiger partial charge is 0.458 e. The summed E-state index contributed by atoms with van der Waals surface area (Å²) in [6.45, 7) is 8.96. The summed E-state index contributed by atoms with van der Waals surface area (Å²) in [6.07, 6.45) is 0.0660. The monoisotopic (exact) mass is 588 g/mol. The van der Waals surface area contributed by atoms with Crippen molar-refractivity contribution in [1.29, 1.82) is 0 Å². The van der Waals surface area contributed by atoms with Crippen molar-refractivity contribution < 1.29 is 18.7 Å². The van der Waals surface area contributed by atoms with Gasteiger partial charge in [-0.25, -0.2) is 14.2 Å². The van der Waals surface area contributed by atoms with Crippen LogP contribution in [0.5, 0.6) is 0 Å². The van der Waals surface area contributed by atoms with Gasteiger partial charge in [0.25, 0.3) is 5.91 Å². The number of hydrogen-bond donors (Lipinski definition) is 1. The molecule has 0 spiro atoms. The van der Waals surface area contributed by atoms with E-state index in [0.29, 0.717) is 16.5 Å². The first-order valence-electron chi connectivity index (χ1n) is 13.8. The fourth-order valence-corrected chi connectivity index (χ4v) is 5.43. The van der Waals surface area contributed by atoms with Gasteiger partial charge < -0.3 is 15.4 Å². The third-order valence-corrected chi connectivity index (χ3v) is 7.21. The van der Waals surface area contributed by atoms with Gasteiger partial charge in [-0.15, -0.1) is 11.3 Å². The SMILES string of the molecule is CC(C)C[C@](N)(C(=O)OC(C)(C)C)C(=O)N(Cc1csc(N(c2ccccc2)c2ccccc2)n1)c1ccc(F)cc1. The fraction of sp³-hybridized carbons (Fsp3) is 0.303. The molecule has 7 nitrogen and oxygen atoms in total. The molecule has 1 amide bonds. The lowest BCUT2D eigenvalue weighted by molar-refractivity contribution is -0.164. The molecule has 0 bridgehead atoms. The number of anilines is 4. The Kier molecular flexibility index (Phi) is 9.43. The molecular weight excluding hydrogens is 551 g/mol. The molecule has 4 aromatic rings. The van der Waals surface area contributed by atoms with Gasteiger partial charge in [-0.2, -0.15) is 0 Å². The van der Waals surface area contributed by atoms with Gasteiger partial charge in [0, 0.05) is 22.4 Å². The highest BCUT2D eigenvalue weighted by molar-refractivity contribution is 7.14. The number of esters is 1. The molecule has 9 heteroatoms. The van der Waals surface area contributed by atoms with E-state index in [1.165, 1.54) is 40.5 Å². The number of carbonyl (C=O) groups is 2. The summed E-state index contributed by atoms with van der Waals surface area (Å²) in [7, 11) is 0. The molecule has 0 saturated heterocycles. The van der Waals surface area contributed by atoms with Gasteiger partial charge in [0.05, 0.1) is 12.2 Å². The number of benzene rings is 3. The van der Waals surface area contributed by atoms with Gasteiger partial charge in [0.2, 0.25) is 0 Å². The molecule has 0 aliphatic carbocycles. The molecule has 42 heavy (non-hydrogen) atoms. The molecule has 220 valence electrons. The molecule has 3 aromatic carbocycles. The number of ether oxygens (including phenoxy) is 1. The smallest absolute Gasteiger partial charge is 0.336 e. The Morgan fingerprint density at radius 3 is 1.95 bits per heavy atom. The van der Waals surface area contributed by atoms with E-state index in [9.17, 15) is 14.0 Å². The van der Waals surface area contributed by atoms with E-state index < -0.39 is 28.8 Å². The van der Waals surface area contributed by atoms with Crippen LogP contribution in [-0.2, 0) is 20.9 Å². The maximum atomic E-state index is 14.3. The minimum atomic E-state index is -1.96. The van der Waals surface area contributed by atoms with Crippen LogP contribution < -0.4 is 15.5 Å². The highest BCUT2D eigenvalue weighted by Gasteiger charge is 2.48. The maximum absolute atomic E-state index is 14.3. The van der Waals surface area contributed by atoms with Crippen LogP contribution in [0.4, 0.5) is 26.6 Å². The number of para-hydroxylation sites is 2. The molecule has 4 rings (SSSR count). The lowest BCUT2D eigenvalue weighted by atomic mass is 9.87. The van der Waals surface area contributed by atoms with Crippen LogP contribution in [0.3, 0.4) is 0 Å². The Morgan fingerprint density at radius 2 is 1.45 bits per heavy atom. The van der Waals surface area contributed by atoms with E-state index in [1.54, 1.807) is 20.8 Å². The zero-order chi connectivity index (χ0) is 30.5. The van der Waals surface area contributed by atoms with Crippen LogP contribution in [-0.4, -0.2) is 28.0 Å². The molecule has 1 heterocycles. The number of nitrogens with zero attached hydrogens (tertiary/aromatic N) is 3. The fourth-order valence-electron chi connectivity index (χ4n) is 4.57. The molecule has 1 aromatic heterocycles. The Labute approximate surface area is 250 Å². The molecule has 0 aliphatic heterocycles. The third kappa shape index (κ3) is 7.40. The zero-order valence-corrected chi connectivity index (χ0v) is 25.4. The highest BCUT2D eigenvalue weighted by atomic mass is 32.1. The van der Waals surface area contributed by atoms with Crippen LogP contribution in [0.15, 0.2) is 90.3 Å². The summed E-state index contributed by atoms with van der Waals surface area (Å²) in [5, 5.41) is 2.56. The molecule has 0 unspecified atom stereocenters. The van der Waals surface area contributed by atoms with Gasteiger partial charge in [0.15, 0.2) is 10.7 Å². The molecule has 2 N–H and O–H groups in total. The first-order chi connectivity index (χ1) is 19.9. The predicted octanol–water partition coefficient (Wildman–Crippen LogP) is 7.37. The quantitative estimate of drug-likeness (QED) is 0.154. The van der Waals surface area contributed by atoms with Crippen LogP contribution in [0, 0.1) is 11.7 Å². The lowest BCUT2D eigenvalue weighted by Gasteiger charge is -2.35. The molecule has 0 aliphatic rings. The standard InChI is InChI=1S/C33H37FN4O3S/c1-23(2)20-33(35,30(40)41-32(3,4)5)29(39)37(26-18-16-24(34)17-19-26)21-25-22-42-31(36-25)38(27-12-8-6-9-13-27)28-14-10-7-11-15-28/h6-19,22-23H,20-21,35H2,1-5H3/t33-/m1/s1. The molecule has 0 fully saturated rings. The van der Waals surface area contributed by atoms with Gasteiger partial charge >= 0.3 is 5.97 Å². The number of nitrogens with two attached hydrogens (primary N) is 1. The second-order valence-corrected chi connectivity index (χ2v) is 12.4. The molecule has 1 atom stereocenters. The van der Waals surface area contributed by atoms with Crippen molar-refractivity contribution in [3.8, 4) is 0 Å². The normalized spacial score (nSPS) is 13.0. The first-order valence-corrected chi connectivity index (χ1v) is 14.7. The minimum Gasteiger partial charge on any atom is -0.458 e. The lowest BCUT2D eigenvalue weighted by Crippen LogP contribution is -2.62. The Bertz CT molecular complexity index is 1450. The summed E-state index contributed by atoms with van der Waals surface area (Å²) in [6, 6.07) is 25.2. The number of hydrogen-bond acceptors (Lipinski definition) is 7. The number of rotatable bonds is 10. The van der Waals surface area contributed by atoms with Crippen molar-refractivity contribution in [2.45, 2.75) is 58.7 Å². The van der Waals surface area contributed by atoms with E-state index in [0.717, 1.165) is 11.4 Å². The van der Waals surface area contributed by atoms with Crippen molar-refractivity contribution in [1.82, 2.24) is 4.98 Å². The van der Waals surface area contributed by atoms with Crippen LogP contribution in [0.1, 0.15) is 46.7 Å². The minimum absolute atomic E-state index is 0.0121. The van der Waals surface area contributed by atoms with Crippen molar-refractivity contribution in [3.05, 3.63) is 102 Å². The molecule has 0 radical (unpaired) electrons. The van der Waals surface area contributed by atoms with E-state index in [1.807, 2.05) is 84.8 Å². The summed E-state index contributed by atoms with van der Waals surface area (Å²) in [5.74, 6) is -1.98. The third-order valence-electron chi connectivity index (χ3n) is 6.34. The van der Waals surface area contributed by atoms with E-state index >= 15 is 0 Å². The predicted molar refractivity (Wildman–Crippen MR) is 167 cm³/mol. The summed E-state index contributed by atoms with van der Waals surface area (Å²) >= 11 is 1.42. The Balaban J connectivity index is 1.74. The van der Waals surface area contributed by atoms with E-state index in [-0.39, 0.29) is 18.9 Å². The number of thiazole rings is 1. The van der Waals surface area contributed by atoms with Gasteiger partial charge in [0.1, 0.15) is 11.4 Å². The number of amides is 1. The highest BCUT2D eigenvalue weighted by Crippen LogP contribution is 2.37. The van der Waals surface area contributed by atoms with Crippen molar-refractivity contribution in [2.75, 3.05) is 9.80 Å². The van der Waals surface area contributed by atoms with E-state index in [2.05, 4.69) is 0 Å².